The van der Waals surface area contributed by atoms with Crippen LogP contribution in [0.25, 0.3) is 0 Å². The number of rotatable bonds is 18. The standard InChI is InChI=1S/C32H49N4O6P/c1-6-11-13-23(8-3)31(38)34-28-22-30(37)29(35-32(39)24(9-4)14-12-7-2)21-27(28)33-25-15-17-26(18-16-25)36(10-5)19-20-43(40,41)42/h15-18,21-24H,6-14,19-20H2,1-5H3,(H,34,38)(H,35,39)(H2,40,41,42)/t23?,24-/m0/s1. The van der Waals surface area contributed by atoms with Crippen molar-refractivity contribution in [1.82, 2.24) is 10.6 Å². The summed E-state index contributed by atoms with van der Waals surface area (Å²) in [5, 5.41) is 5.72. The number of benzene rings is 1. The van der Waals surface area contributed by atoms with E-state index in [1.54, 1.807) is 12.1 Å². The number of unbranched alkanes of at least 4 members (excludes halogenated alkanes) is 2. The molecule has 0 radical (unpaired) electrons. The normalized spacial score (nSPS) is 15.9. The van der Waals surface area contributed by atoms with E-state index in [-0.39, 0.29) is 47.8 Å². The number of aliphatic imine (C=N–C) groups is 1. The summed E-state index contributed by atoms with van der Waals surface area (Å²) in [4.78, 5) is 64.4. The summed E-state index contributed by atoms with van der Waals surface area (Å²) < 4.78 is 11.4. The molecule has 0 saturated carbocycles. The largest absolute Gasteiger partial charge is 0.371 e. The van der Waals surface area contributed by atoms with Crippen molar-refractivity contribution in [1.29, 1.82) is 0 Å². The zero-order chi connectivity index (χ0) is 32.0. The van der Waals surface area contributed by atoms with Crippen LogP contribution >= 0.6 is 7.60 Å². The maximum absolute atomic E-state index is 13.2. The molecule has 10 nitrogen and oxygen atoms in total. The summed E-state index contributed by atoms with van der Waals surface area (Å²) >= 11 is 0. The molecule has 43 heavy (non-hydrogen) atoms. The molecule has 0 bridgehead atoms. The van der Waals surface area contributed by atoms with Gasteiger partial charge in [-0.25, -0.2) is 4.99 Å². The van der Waals surface area contributed by atoms with Gasteiger partial charge in [-0.1, -0.05) is 53.4 Å². The topological polar surface area (TPSA) is 148 Å². The van der Waals surface area contributed by atoms with Crippen LogP contribution in [0, 0.1) is 11.8 Å². The molecule has 0 fully saturated rings. The van der Waals surface area contributed by atoms with Crippen LogP contribution in [0.1, 0.15) is 86.0 Å². The van der Waals surface area contributed by atoms with Crippen molar-refractivity contribution >= 4 is 42.3 Å². The monoisotopic (exact) mass is 616 g/mol. The van der Waals surface area contributed by atoms with Crippen LogP contribution in [0.3, 0.4) is 0 Å². The summed E-state index contributed by atoms with van der Waals surface area (Å²) in [7, 11) is -4.13. The Morgan fingerprint density at radius 3 is 1.86 bits per heavy atom. The summed E-state index contributed by atoms with van der Waals surface area (Å²) in [5.41, 5.74) is 2.07. The Morgan fingerprint density at radius 2 is 1.40 bits per heavy atom. The fourth-order valence-corrected chi connectivity index (χ4v) is 5.37. The van der Waals surface area contributed by atoms with Crippen LogP contribution in [0.2, 0.25) is 0 Å². The van der Waals surface area contributed by atoms with Gasteiger partial charge in [-0.2, -0.15) is 0 Å². The van der Waals surface area contributed by atoms with E-state index >= 15 is 0 Å². The molecule has 2 amide bonds. The van der Waals surface area contributed by atoms with E-state index in [1.165, 1.54) is 12.2 Å². The highest BCUT2D eigenvalue weighted by Crippen LogP contribution is 2.34. The highest BCUT2D eigenvalue weighted by molar-refractivity contribution is 7.51. The predicted molar refractivity (Wildman–Crippen MR) is 172 cm³/mol. The van der Waals surface area contributed by atoms with Crippen molar-refractivity contribution < 1.29 is 28.7 Å². The third-order valence-electron chi connectivity index (χ3n) is 7.66. The average Bonchev–Trinajstić information content (AvgIpc) is 2.96. The first-order chi connectivity index (χ1) is 20.5. The summed E-state index contributed by atoms with van der Waals surface area (Å²) in [6, 6.07) is 7.14. The fourth-order valence-electron chi connectivity index (χ4n) is 4.87. The Kier molecular flexibility index (Phi) is 15.0. The number of allylic oxidation sites excluding steroid dienone is 2. The lowest BCUT2D eigenvalue weighted by Gasteiger charge is -2.23. The molecule has 1 aliphatic carbocycles. The van der Waals surface area contributed by atoms with Gasteiger partial charge in [-0.15, -0.1) is 0 Å². The molecular weight excluding hydrogens is 567 g/mol. The van der Waals surface area contributed by atoms with Crippen LogP contribution < -0.4 is 15.5 Å². The Hall–Kier alpha value is -3.07. The molecule has 238 valence electrons. The van der Waals surface area contributed by atoms with Crippen LogP contribution in [0.5, 0.6) is 0 Å². The van der Waals surface area contributed by atoms with Gasteiger partial charge in [-0.05, 0) is 62.9 Å². The van der Waals surface area contributed by atoms with Crippen molar-refractivity contribution in [3.63, 3.8) is 0 Å². The van der Waals surface area contributed by atoms with Crippen LogP contribution in [-0.2, 0) is 18.9 Å². The lowest BCUT2D eigenvalue weighted by Crippen LogP contribution is -2.38. The second kappa shape index (κ2) is 17.9. The van der Waals surface area contributed by atoms with Gasteiger partial charge >= 0.3 is 7.60 Å². The zero-order valence-electron chi connectivity index (χ0n) is 26.3. The van der Waals surface area contributed by atoms with E-state index in [0.29, 0.717) is 30.8 Å². The number of ketones is 1. The van der Waals surface area contributed by atoms with Crippen molar-refractivity contribution in [2.24, 2.45) is 16.8 Å². The third-order valence-corrected chi connectivity index (χ3v) is 8.44. The average molecular weight is 617 g/mol. The van der Waals surface area contributed by atoms with E-state index in [9.17, 15) is 28.7 Å². The number of anilines is 1. The summed E-state index contributed by atoms with van der Waals surface area (Å²) in [6.45, 7) is 10.7. The van der Waals surface area contributed by atoms with Gasteiger partial charge in [0.05, 0.1) is 29.0 Å². The molecule has 11 heteroatoms. The number of amides is 2. The summed E-state index contributed by atoms with van der Waals surface area (Å²) in [5.74, 6) is -1.19. The highest BCUT2D eigenvalue weighted by Gasteiger charge is 2.26. The Bertz CT molecular complexity index is 1230. The maximum Gasteiger partial charge on any atom is 0.327 e. The van der Waals surface area contributed by atoms with E-state index in [2.05, 4.69) is 24.5 Å². The van der Waals surface area contributed by atoms with Crippen molar-refractivity contribution in [2.75, 3.05) is 24.2 Å². The SMILES string of the molecule is CCCCC(CC)C(=O)NC1=CC(=O)C(NC(=O)[C@@H](CC)CCCC)=CC1=Nc1ccc(N(CC)CCP(=O)(O)O)cc1. The Morgan fingerprint density at radius 1 is 0.860 bits per heavy atom. The number of nitrogens with zero attached hydrogens (tertiary/aromatic N) is 2. The van der Waals surface area contributed by atoms with Gasteiger partial charge in [0.15, 0.2) is 0 Å². The number of hydrogen-bond acceptors (Lipinski definition) is 6. The van der Waals surface area contributed by atoms with E-state index in [1.807, 2.05) is 37.8 Å². The quantitative estimate of drug-likeness (QED) is 0.121. The van der Waals surface area contributed by atoms with E-state index in [0.717, 1.165) is 44.2 Å². The minimum absolute atomic E-state index is 0.112. The molecule has 2 atom stereocenters. The smallest absolute Gasteiger partial charge is 0.327 e. The minimum Gasteiger partial charge on any atom is -0.371 e. The molecule has 0 aliphatic heterocycles. The first-order valence-corrected chi connectivity index (χ1v) is 17.3. The van der Waals surface area contributed by atoms with Crippen molar-refractivity contribution in [3.8, 4) is 0 Å². The molecule has 0 spiro atoms. The molecule has 1 aliphatic rings. The van der Waals surface area contributed by atoms with Crippen LogP contribution in [0.15, 0.2) is 52.8 Å². The minimum atomic E-state index is -4.13. The number of carbonyl (C=O) groups is 3. The summed E-state index contributed by atoms with van der Waals surface area (Å²) in [6.07, 6.45) is 9.20. The van der Waals surface area contributed by atoms with E-state index < -0.39 is 13.4 Å². The van der Waals surface area contributed by atoms with Crippen LogP contribution in [0.4, 0.5) is 11.4 Å². The van der Waals surface area contributed by atoms with Crippen molar-refractivity contribution in [2.45, 2.75) is 86.0 Å². The van der Waals surface area contributed by atoms with Gasteiger partial charge < -0.3 is 25.3 Å². The second-order valence-corrected chi connectivity index (χ2v) is 12.7. The van der Waals surface area contributed by atoms with E-state index in [4.69, 9.17) is 4.99 Å². The predicted octanol–water partition coefficient (Wildman–Crippen LogP) is 5.78. The van der Waals surface area contributed by atoms with Gasteiger partial charge in [0.2, 0.25) is 17.6 Å². The first-order valence-electron chi connectivity index (χ1n) is 15.5. The molecule has 2 rings (SSSR count). The first kappa shape index (κ1) is 36.1. The van der Waals surface area contributed by atoms with Gasteiger partial charge in [0.1, 0.15) is 0 Å². The number of nitrogens with one attached hydrogen (secondary N) is 2. The zero-order valence-corrected chi connectivity index (χ0v) is 27.2. The second-order valence-electron chi connectivity index (χ2n) is 10.9. The lowest BCUT2D eigenvalue weighted by atomic mass is 9.96. The highest BCUT2D eigenvalue weighted by atomic mass is 31.2. The number of carbonyl (C=O) groups excluding carboxylic acids is 3. The van der Waals surface area contributed by atoms with Crippen LogP contribution in [-0.4, -0.2) is 52.3 Å². The fraction of sp³-hybridized carbons (Fsp3) is 0.562. The third kappa shape index (κ3) is 11.9. The van der Waals surface area contributed by atoms with Gasteiger partial charge in [0.25, 0.3) is 0 Å². The van der Waals surface area contributed by atoms with Gasteiger partial charge in [-0.3, -0.25) is 18.9 Å². The Labute approximate surface area is 256 Å². The molecule has 4 N–H and O–H groups in total. The molecule has 1 aromatic rings. The molecule has 0 heterocycles. The number of hydrogen-bond donors (Lipinski definition) is 4. The molecule has 0 aromatic heterocycles. The lowest BCUT2D eigenvalue weighted by molar-refractivity contribution is -0.126. The molecule has 1 aromatic carbocycles. The Balaban J connectivity index is 2.40. The molecule has 0 saturated heterocycles. The van der Waals surface area contributed by atoms with Gasteiger partial charge in [0, 0.05) is 36.7 Å². The van der Waals surface area contributed by atoms with Crippen molar-refractivity contribution in [3.05, 3.63) is 47.8 Å². The maximum atomic E-state index is 13.2. The molecule has 1 unspecified atom stereocenters. The molecular formula is C32H49N4O6P.